The van der Waals surface area contributed by atoms with E-state index in [4.69, 9.17) is 4.74 Å². The van der Waals surface area contributed by atoms with E-state index in [0.29, 0.717) is 39.3 Å². The van der Waals surface area contributed by atoms with Crippen molar-refractivity contribution in [2.24, 2.45) is 17.8 Å². The third kappa shape index (κ3) is 5.24. The van der Waals surface area contributed by atoms with E-state index in [1.54, 1.807) is 21.6 Å². The van der Waals surface area contributed by atoms with Crippen LogP contribution in [0.3, 0.4) is 0 Å². The normalized spacial score (nSPS) is 33.5. The van der Waals surface area contributed by atoms with Gasteiger partial charge in [-0.1, -0.05) is 56.4 Å². The van der Waals surface area contributed by atoms with Crippen LogP contribution in [0.15, 0.2) is 54.6 Å². The summed E-state index contributed by atoms with van der Waals surface area (Å²) in [6, 6.07) is 8.28. The molecular formula is C33H44N4O5S. The minimum Gasteiger partial charge on any atom is -0.394 e. The maximum Gasteiger partial charge on any atom is 0.247 e. The molecule has 0 aromatic heterocycles. The van der Waals surface area contributed by atoms with Gasteiger partial charge in [0.25, 0.3) is 0 Å². The number of carbonyl (C=O) groups excluding carboxylic acids is 3. The zero-order valence-corrected chi connectivity index (χ0v) is 26.2. The highest BCUT2D eigenvalue weighted by Gasteiger charge is 2.74. The first kappa shape index (κ1) is 30.4. The molecule has 10 heteroatoms. The number of likely N-dealkylation sites (tertiary alicyclic amines) is 1. The zero-order chi connectivity index (χ0) is 30.4. The van der Waals surface area contributed by atoms with Crippen LogP contribution in [0.1, 0.15) is 27.2 Å². The number of morpholine rings is 1. The topological polar surface area (TPSA) is 93.6 Å². The minimum absolute atomic E-state index is 0.0966. The Labute approximate surface area is 258 Å². The molecule has 0 radical (unpaired) electrons. The number of rotatable bonds is 8. The molecule has 5 heterocycles. The van der Waals surface area contributed by atoms with E-state index >= 15 is 0 Å². The molecule has 0 bridgehead atoms. The molecule has 5 aliphatic heterocycles. The first-order chi connectivity index (χ1) is 20.7. The summed E-state index contributed by atoms with van der Waals surface area (Å²) in [4.78, 5) is 51.6. The van der Waals surface area contributed by atoms with Crippen LogP contribution in [-0.4, -0.2) is 118 Å². The average Bonchev–Trinajstić information content (AvgIpc) is 3.28. The molecule has 1 unspecified atom stereocenters. The monoisotopic (exact) mass is 608 g/mol. The number of thioether (sulfide) groups is 1. The van der Waals surface area contributed by atoms with Crippen molar-refractivity contribution in [1.29, 1.82) is 0 Å². The molecule has 3 fully saturated rings. The summed E-state index contributed by atoms with van der Waals surface area (Å²) in [7, 11) is 0. The molecule has 43 heavy (non-hydrogen) atoms. The summed E-state index contributed by atoms with van der Waals surface area (Å²) >= 11 is 1.59. The van der Waals surface area contributed by atoms with E-state index in [-0.39, 0.29) is 30.2 Å². The van der Waals surface area contributed by atoms with Gasteiger partial charge in [-0.25, -0.2) is 0 Å². The molecular weight excluding hydrogens is 564 g/mol. The molecule has 5 aliphatic rings. The number of aliphatic hydroxyl groups is 1. The molecule has 9 nitrogen and oxygen atoms in total. The lowest BCUT2D eigenvalue weighted by Crippen LogP contribution is -2.57. The smallest absolute Gasteiger partial charge is 0.247 e. The van der Waals surface area contributed by atoms with Crippen LogP contribution < -0.4 is 4.90 Å². The summed E-state index contributed by atoms with van der Waals surface area (Å²) in [6.45, 7) is 11.1. The van der Waals surface area contributed by atoms with Crippen molar-refractivity contribution >= 4 is 35.2 Å². The number of para-hydroxylation sites is 1. The SMILES string of the molecule is CC(C)C[C@H](CO)N1C(=O)[C@@H]2[C@H]3C(=O)N(c4ccccc4)CC=C[C@@]3(C)S[C@@]23C=CCN(CCN2CCOCC2)C(=O)C13. The maximum atomic E-state index is 14.8. The summed E-state index contributed by atoms with van der Waals surface area (Å²) in [5.41, 5.74) is 0.793. The Morgan fingerprint density at radius 3 is 2.37 bits per heavy atom. The van der Waals surface area contributed by atoms with Gasteiger partial charge in [-0.3, -0.25) is 19.3 Å². The number of hydrogen-bond donors (Lipinski definition) is 1. The first-order valence-corrected chi connectivity index (χ1v) is 16.5. The predicted octanol–water partition coefficient (Wildman–Crippen LogP) is 2.41. The molecule has 6 rings (SSSR count). The van der Waals surface area contributed by atoms with Gasteiger partial charge in [0, 0.05) is 49.7 Å². The minimum atomic E-state index is -0.925. The van der Waals surface area contributed by atoms with E-state index in [1.807, 2.05) is 54.3 Å². The molecule has 6 atom stereocenters. The Kier molecular flexibility index (Phi) is 8.49. The Morgan fingerprint density at radius 1 is 0.953 bits per heavy atom. The van der Waals surface area contributed by atoms with Gasteiger partial charge in [-0.05, 0) is 31.4 Å². The number of anilines is 1. The average molecular weight is 609 g/mol. The lowest BCUT2D eigenvalue weighted by molar-refractivity contribution is -0.146. The molecule has 232 valence electrons. The van der Waals surface area contributed by atoms with Gasteiger partial charge in [0.05, 0.1) is 42.4 Å². The lowest BCUT2D eigenvalue weighted by Gasteiger charge is -2.40. The second-order valence-corrected chi connectivity index (χ2v) is 14.8. The van der Waals surface area contributed by atoms with Crippen molar-refractivity contribution in [2.45, 2.75) is 48.8 Å². The third-order valence-corrected chi connectivity index (χ3v) is 11.6. The Hall–Kier alpha value is -2.66. The fourth-order valence-corrected chi connectivity index (χ4v) is 9.99. The van der Waals surface area contributed by atoms with Gasteiger partial charge in [0.1, 0.15) is 6.04 Å². The van der Waals surface area contributed by atoms with Crippen molar-refractivity contribution in [3.05, 3.63) is 54.6 Å². The predicted molar refractivity (Wildman–Crippen MR) is 168 cm³/mol. The second kappa shape index (κ2) is 12.0. The van der Waals surface area contributed by atoms with Crippen molar-refractivity contribution < 1.29 is 24.2 Å². The molecule has 1 aromatic carbocycles. The molecule has 0 saturated carbocycles. The van der Waals surface area contributed by atoms with Crippen molar-refractivity contribution in [1.82, 2.24) is 14.7 Å². The van der Waals surface area contributed by atoms with Gasteiger partial charge in [0.15, 0.2) is 0 Å². The zero-order valence-electron chi connectivity index (χ0n) is 25.4. The Balaban J connectivity index is 1.40. The number of amides is 3. The molecule has 3 saturated heterocycles. The number of hydrogen-bond acceptors (Lipinski definition) is 7. The van der Waals surface area contributed by atoms with Crippen LogP contribution in [-0.2, 0) is 19.1 Å². The standard InChI is InChI=1S/C33H44N4O5S/c1-23(2)21-25(22-38)37-28-31(41)35(16-15-34-17-19-42-20-18-34)13-8-12-33(28)27(30(37)40)26-29(39)36(24-9-5-4-6-10-24)14-7-11-32(26,3)43-33/h4-12,23,25-28,38H,13-22H2,1-3H3/t25-,26+,27+,28?,32-,33+/m1/s1. The van der Waals surface area contributed by atoms with Gasteiger partial charge < -0.3 is 24.5 Å². The van der Waals surface area contributed by atoms with Crippen molar-refractivity contribution in [2.75, 3.05) is 64.0 Å². The fraction of sp³-hybridized carbons (Fsp3) is 0.606. The number of aliphatic hydroxyl groups excluding tert-OH is 1. The Morgan fingerprint density at radius 2 is 1.67 bits per heavy atom. The highest BCUT2D eigenvalue weighted by Crippen LogP contribution is 2.66. The quantitative estimate of drug-likeness (QED) is 0.453. The van der Waals surface area contributed by atoms with E-state index in [2.05, 4.69) is 30.9 Å². The first-order valence-electron chi connectivity index (χ1n) is 15.6. The van der Waals surface area contributed by atoms with Crippen LogP contribution in [0, 0.1) is 17.8 Å². The summed E-state index contributed by atoms with van der Waals surface area (Å²) in [5.74, 6) is -1.57. The number of nitrogens with zero attached hydrogens (tertiary/aromatic N) is 4. The highest BCUT2D eigenvalue weighted by molar-refractivity contribution is 8.02. The molecule has 0 aliphatic carbocycles. The number of ether oxygens (including phenoxy) is 1. The highest BCUT2D eigenvalue weighted by atomic mass is 32.2. The van der Waals surface area contributed by atoms with Crippen LogP contribution in [0.5, 0.6) is 0 Å². The molecule has 3 amide bonds. The lowest BCUT2D eigenvalue weighted by atomic mass is 9.74. The van der Waals surface area contributed by atoms with E-state index in [9.17, 15) is 19.5 Å². The van der Waals surface area contributed by atoms with E-state index in [0.717, 1.165) is 25.3 Å². The van der Waals surface area contributed by atoms with Crippen LogP contribution >= 0.6 is 11.8 Å². The maximum absolute atomic E-state index is 14.8. The summed E-state index contributed by atoms with van der Waals surface area (Å²) in [5, 5.41) is 10.6. The van der Waals surface area contributed by atoms with Gasteiger partial charge in [-0.15, -0.1) is 11.8 Å². The van der Waals surface area contributed by atoms with Crippen LogP contribution in [0.4, 0.5) is 5.69 Å². The molecule has 1 aromatic rings. The largest absolute Gasteiger partial charge is 0.394 e. The van der Waals surface area contributed by atoms with Crippen LogP contribution in [0.2, 0.25) is 0 Å². The number of carbonyl (C=O) groups is 3. The van der Waals surface area contributed by atoms with Gasteiger partial charge in [-0.2, -0.15) is 0 Å². The summed E-state index contributed by atoms with van der Waals surface area (Å²) in [6.07, 6.45) is 8.78. The van der Waals surface area contributed by atoms with Gasteiger partial charge in [0.2, 0.25) is 17.7 Å². The molecule has 1 spiro atoms. The Bertz CT molecular complexity index is 1280. The van der Waals surface area contributed by atoms with Crippen molar-refractivity contribution in [3.8, 4) is 0 Å². The van der Waals surface area contributed by atoms with Gasteiger partial charge >= 0.3 is 0 Å². The second-order valence-electron chi connectivity index (χ2n) is 13.0. The number of fused-ring (bicyclic) bond motifs is 2. The van der Waals surface area contributed by atoms with E-state index < -0.39 is 33.4 Å². The summed E-state index contributed by atoms with van der Waals surface area (Å²) < 4.78 is 3.90. The van der Waals surface area contributed by atoms with Crippen molar-refractivity contribution in [3.63, 3.8) is 0 Å². The van der Waals surface area contributed by atoms with Crippen LogP contribution in [0.25, 0.3) is 0 Å². The molecule has 1 N–H and O–H groups in total. The van der Waals surface area contributed by atoms with E-state index in [1.165, 1.54) is 0 Å². The number of benzene rings is 1. The third-order valence-electron chi connectivity index (χ3n) is 9.78. The fourth-order valence-electron chi connectivity index (χ4n) is 7.85.